The number of rotatable bonds is 6. The summed E-state index contributed by atoms with van der Waals surface area (Å²) in [5.74, 6) is 0.0748. The Bertz CT molecular complexity index is 346. The molecule has 0 aliphatic carbocycles. The maximum atomic E-state index is 11.9. The summed E-state index contributed by atoms with van der Waals surface area (Å²) in [7, 11) is 0. The number of hydrogen-bond acceptors (Lipinski definition) is 2. The van der Waals surface area contributed by atoms with Crippen molar-refractivity contribution in [2.45, 2.75) is 26.7 Å². The van der Waals surface area contributed by atoms with Crippen LogP contribution in [-0.2, 0) is 17.6 Å². The van der Waals surface area contributed by atoms with Gasteiger partial charge in [-0.15, -0.1) is 0 Å². The van der Waals surface area contributed by atoms with Crippen molar-refractivity contribution in [3.8, 4) is 0 Å². The van der Waals surface area contributed by atoms with Crippen molar-refractivity contribution in [1.82, 2.24) is 4.90 Å². The molecule has 1 amide bonds. The predicted molar refractivity (Wildman–Crippen MR) is 68.9 cm³/mol. The molecule has 3 heteroatoms. The van der Waals surface area contributed by atoms with Crippen LogP contribution in [0, 0.1) is 0 Å². The van der Waals surface area contributed by atoms with Crippen molar-refractivity contribution in [3.63, 3.8) is 0 Å². The second-order valence-electron chi connectivity index (χ2n) is 4.04. The van der Waals surface area contributed by atoms with E-state index in [9.17, 15) is 4.79 Å². The Hall–Kier alpha value is -1.35. The Morgan fingerprint density at radius 2 is 1.76 bits per heavy atom. The van der Waals surface area contributed by atoms with Crippen LogP contribution < -0.4 is 0 Å². The lowest BCUT2D eigenvalue weighted by molar-refractivity contribution is -0.130. The maximum absolute atomic E-state index is 11.9. The van der Waals surface area contributed by atoms with Crippen LogP contribution in [0.1, 0.15) is 25.0 Å². The van der Waals surface area contributed by atoms with Gasteiger partial charge in [0, 0.05) is 13.1 Å². The van der Waals surface area contributed by atoms with Gasteiger partial charge < -0.3 is 10.0 Å². The van der Waals surface area contributed by atoms with Crippen molar-refractivity contribution in [1.29, 1.82) is 0 Å². The van der Waals surface area contributed by atoms with Crippen LogP contribution in [0.5, 0.6) is 0 Å². The van der Waals surface area contributed by atoms with Gasteiger partial charge in [-0.1, -0.05) is 31.2 Å². The lowest BCUT2D eigenvalue weighted by Crippen LogP contribution is -2.34. The number of hydrogen-bond donors (Lipinski definition) is 1. The second-order valence-corrected chi connectivity index (χ2v) is 4.04. The molecule has 0 saturated heterocycles. The molecule has 1 rings (SSSR count). The van der Waals surface area contributed by atoms with E-state index in [-0.39, 0.29) is 12.5 Å². The van der Waals surface area contributed by atoms with Gasteiger partial charge in [-0.05, 0) is 24.5 Å². The smallest absolute Gasteiger partial charge is 0.227 e. The largest absolute Gasteiger partial charge is 0.395 e. The van der Waals surface area contributed by atoms with Gasteiger partial charge in [0.05, 0.1) is 13.0 Å². The fourth-order valence-electron chi connectivity index (χ4n) is 1.76. The molecule has 94 valence electrons. The molecule has 3 nitrogen and oxygen atoms in total. The lowest BCUT2D eigenvalue weighted by atomic mass is 10.1. The van der Waals surface area contributed by atoms with Crippen LogP contribution in [0.15, 0.2) is 24.3 Å². The lowest BCUT2D eigenvalue weighted by Gasteiger charge is -2.19. The number of carbonyl (C=O) groups is 1. The number of nitrogens with zero attached hydrogens (tertiary/aromatic N) is 1. The molecule has 0 atom stereocenters. The summed E-state index contributed by atoms with van der Waals surface area (Å²) in [6, 6.07) is 8.13. The number of benzene rings is 1. The molecular formula is C14H21NO2. The molecule has 0 radical (unpaired) electrons. The summed E-state index contributed by atoms with van der Waals surface area (Å²) in [4.78, 5) is 13.6. The Labute approximate surface area is 103 Å². The van der Waals surface area contributed by atoms with Crippen LogP contribution in [0.2, 0.25) is 0 Å². The second kappa shape index (κ2) is 7.07. The molecule has 0 aliphatic rings. The molecule has 0 bridgehead atoms. The van der Waals surface area contributed by atoms with Gasteiger partial charge in [-0.3, -0.25) is 4.79 Å². The third kappa shape index (κ3) is 4.19. The van der Waals surface area contributed by atoms with E-state index in [4.69, 9.17) is 5.11 Å². The summed E-state index contributed by atoms with van der Waals surface area (Å²) >= 11 is 0. The van der Waals surface area contributed by atoms with E-state index in [0.29, 0.717) is 19.5 Å². The number of aliphatic hydroxyl groups is 1. The molecule has 1 aromatic rings. The molecule has 0 spiro atoms. The van der Waals surface area contributed by atoms with Gasteiger partial charge in [0.15, 0.2) is 0 Å². The van der Waals surface area contributed by atoms with E-state index >= 15 is 0 Å². The highest BCUT2D eigenvalue weighted by molar-refractivity contribution is 5.78. The van der Waals surface area contributed by atoms with Crippen LogP contribution in [-0.4, -0.2) is 35.6 Å². The van der Waals surface area contributed by atoms with Gasteiger partial charge in [0.2, 0.25) is 5.91 Å². The average molecular weight is 235 g/mol. The monoisotopic (exact) mass is 235 g/mol. The third-order valence-corrected chi connectivity index (χ3v) is 2.89. The van der Waals surface area contributed by atoms with Gasteiger partial charge >= 0.3 is 0 Å². The first kappa shape index (κ1) is 13.7. The van der Waals surface area contributed by atoms with Crippen LogP contribution >= 0.6 is 0 Å². The van der Waals surface area contributed by atoms with Gasteiger partial charge in [0.1, 0.15) is 0 Å². The number of carbonyl (C=O) groups excluding carboxylic acids is 1. The normalized spacial score (nSPS) is 10.3. The van der Waals surface area contributed by atoms with Gasteiger partial charge in [-0.2, -0.15) is 0 Å². The minimum Gasteiger partial charge on any atom is -0.395 e. The molecule has 0 fully saturated rings. The fraction of sp³-hybridized carbons (Fsp3) is 0.500. The molecule has 0 heterocycles. The summed E-state index contributed by atoms with van der Waals surface area (Å²) < 4.78 is 0. The van der Waals surface area contributed by atoms with Crippen LogP contribution in [0.3, 0.4) is 0 Å². The molecule has 0 aliphatic heterocycles. The van der Waals surface area contributed by atoms with E-state index in [1.807, 2.05) is 19.1 Å². The predicted octanol–water partition coefficient (Wildman–Crippen LogP) is 1.63. The standard InChI is InChI=1S/C14H21NO2/c1-3-12-5-7-13(8-6-12)11-14(17)15(4-2)9-10-16/h5-8,16H,3-4,9-11H2,1-2H3. The average Bonchev–Trinajstić information content (AvgIpc) is 2.36. The minimum absolute atomic E-state index is 0.0222. The van der Waals surface area contributed by atoms with E-state index in [1.165, 1.54) is 5.56 Å². The number of aliphatic hydroxyl groups excluding tert-OH is 1. The zero-order valence-corrected chi connectivity index (χ0v) is 10.6. The molecule has 0 aromatic heterocycles. The summed E-state index contributed by atoms with van der Waals surface area (Å²) in [6.07, 6.45) is 1.43. The maximum Gasteiger partial charge on any atom is 0.227 e. The van der Waals surface area contributed by atoms with Crippen LogP contribution in [0.25, 0.3) is 0 Å². The summed E-state index contributed by atoms with van der Waals surface area (Å²) in [5.41, 5.74) is 2.31. The molecule has 1 aromatic carbocycles. The topological polar surface area (TPSA) is 40.5 Å². The van der Waals surface area contributed by atoms with Crippen LogP contribution in [0.4, 0.5) is 0 Å². The zero-order chi connectivity index (χ0) is 12.7. The number of amides is 1. The number of likely N-dealkylation sites (N-methyl/N-ethyl adjacent to an activating group) is 1. The highest BCUT2D eigenvalue weighted by Gasteiger charge is 2.11. The molecule has 17 heavy (non-hydrogen) atoms. The fourth-order valence-corrected chi connectivity index (χ4v) is 1.76. The SMILES string of the molecule is CCc1ccc(CC(=O)N(CC)CCO)cc1. The van der Waals surface area contributed by atoms with E-state index < -0.39 is 0 Å². The summed E-state index contributed by atoms with van der Waals surface area (Å²) in [6.45, 7) is 5.12. The first-order valence-corrected chi connectivity index (χ1v) is 6.17. The van der Waals surface area contributed by atoms with Gasteiger partial charge in [-0.25, -0.2) is 0 Å². The van der Waals surface area contributed by atoms with Crippen molar-refractivity contribution in [3.05, 3.63) is 35.4 Å². The first-order chi connectivity index (χ1) is 8.21. The van der Waals surface area contributed by atoms with E-state index in [2.05, 4.69) is 19.1 Å². The Morgan fingerprint density at radius 3 is 2.24 bits per heavy atom. The Kier molecular flexibility index (Phi) is 5.70. The minimum atomic E-state index is 0.0222. The number of aryl methyl sites for hydroxylation is 1. The molecular weight excluding hydrogens is 214 g/mol. The van der Waals surface area contributed by atoms with Crippen molar-refractivity contribution >= 4 is 5.91 Å². The van der Waals surface area contributed by atoms with Crippen molar-refractivity contribution in [2.24, 2.45) is 0 Å². The quantitative estimate of drug-likeness (QED) is 0.814. The van der Waals surface area contributed by atoms with E-state index in [1.54, 1.807) is 4.90 Å². The highest BCUT2D eigenvalue weighted by atomic mass is 16.3. The Balaban J connectivity index is 2.59. The molecule has 0 saturated carbocycles. The first-order valence-electron chi connectivity index (χ1n) is 6.17. The highest BCUT2D eigenvalue weighted by Crippen LogP contribution is 2.07. The van der Waals surface area contributed by atoms with Gasteiger partial charge in [0.25, 0.3) is 0 Å². The zero-order valence-electron chi connectivity index (χ0n) is 10.6. The summed E-state index contributed by atoms with van der Waals surface area (Å²) in [5, 5.41) is 8.86. The van der Waals surface area contributed by atoms with Crippen molar-refractivity contribution in [2.75, 3.05) is 19.7 Å². The van der Waals surface area contributed by atoms with E-state index in [0.717, 1.165) is 12.0 Å². The molecule has 0 unspecified atom stereocenters. The molecule has 1 N–H and O–H groups in total. The van der Waals surface area contributed by atoms with Crippen molar-refractivity contribution < 1.29 is 9.90 Å². The third-order valence-electron chi connectivity index (χ3n) is 2.89. The Morgan fingerprint density at radius 1 is 1.18 bits per heavy atom.